The number of aliphatic hydroxyl groups is 1. The third-order valence-corrected chi connectivity index (χ3v) is 1.50. The van der Waals surface area contributed by atoms with Crippen molar-refractivity contribution < 1.29 is 9.84 Å². The summed E-state index contributed by atoms with van der Waals surface area (Å²) in [6, 6.07) is 0.400. The van der Waals surface area contributed by atoms with E-state index in [1.54, 1.807) is 0 Å². The highest BCUT2D eigenvalue weighted by atomic mass is 16.5. The Morgan fingerprint density at radius 1 is 1.30 bits per heavy atom. The van der Waals surface area contributed by atoms with Crippen molar-refractivity contribution in [2.45, 2.75) is 25.3 Å². The van der Waals surface area contributed by atoms with Crippen LogP contribution < -0.4 is 5.73 Å². The van der Waals surface area contributed by atoms with Crippen LogP contribution in [-0.2, 0) is 4.74 Å². The van der Waals surface area contributed by atoms with Crippen molar-refractivity contribution in [3.8, 4) is 0 Å². The van der Waals surface area contributed by atoms with E-state index in [0.717, 1.165) is 39.6 Å². The van der Waals surface area contributed by atoms with E-state index in [1.807, 2.05) is 0 Å². The largest absolute Gasteiger partial charge is 0.400 e. The summed E-state index contributed by atoms with van der Waals surface area (Å²) in [5.41, 5.74) is 5.65. The van der Waals surface area contributed by atoms with Crippen LogP contribution in [0.4, 0.5) is 0 Å². The summed E-state index contributed by atoms with van der Waals surface area (Å²) in [7, 11) is 1.00. The summed E-state index contributed by atoms with van der Waals surface area (Å²) >= 11 is 0. The van der Waals surface area contributed by atoms with Crippen molar-refractivity contribution in [1.82, 2.24) is 0 Å². The van der Waals surface area contributed by atoms with Crippen LogP contribution in [0.15, 0.2) is 0 Å². The smallest absolute Gasteiger partial charge is 0.0480 e. The van der Waals surface area contributed by atoms with E-state index >= 15 is 0 Å². The van der Waals surface area contributed by atoms with E-state index in [-0.39, 0.29) is 0 Å². The molecule has 0 saturated carbocycles. The van der Waals surface area contributed by atoms with Crippen molar-refractivity contribution in [1.29, 1.82) is 0 Å². The van der Waals surface area contributed by atoms with E-state index < -0.39 is 0 Å². The lowest BCUT2D eigenvalue weighted by molar-refractivity contribution is 0.143. The minimum Gasteiger partial charge on any atom is -0.400 e. The maximum Gasteiger partial charge on any atom is 0.0480 e. The summed E-state index contributed by atoms with van der Waals surface area (Å²) in [6.07, 6.45) is 3.32. The Balaban J connectivity index is 0.000000371. The molecule has 1 atom stereocenters. The first-order valence-electron chi connectivity index (χ1n) is 3.67. The first-order valence-corrected chi connectivity index (χ1v) is 3.67. The lowest BCUT2D eigenvalue weighted by atomic mass is 10.1. The molecular weight excluding hydrogens is 130 g/mol. The van der Waals surface area contributed by atoms with Gasteiger partial charge in [-0.15, -0.1) is 0 Å². The average molecular weight is 147 g/mol. The Kier molecular flexibility index (Phi) is 6.91. The number of nitrogens with two attached hydrogens (primary N) is 1. The summed E-state index contributed by atoms with van der Waals surface area (Å²) in [5, 5.41) is 7.00. The Morgan fingerprint density at radius 2 is 2.00 bits per heavy atom. The normalized spacial score (nSPS) is 26.1. The highest BCUT2D eigenvalue weighted by Crippen LogP contribution is 2.04. The molecule has 0 aromatic carbocycles. The van der Waals surface area contributed by atoms with Gasteiger partial charge in [0.2, 0.25) is 0 Å². The summed E-state index contributed by atoms with van der Waals surface area (Å²) < 4.78 is 5.18. The predicted molar refractivity (Wildman–Crippen MR) is 40.8 cm³/mol. The summed E-state index contributed by atoms with van der Waals surface area (Å²) in [6.45, 7) is 1.77. The second-order valence-corrected chi connectivity index (χ2v) is 2.30. The van der Waals surface area contributed by atoms with Gasteiger partial charge >= 0.3 is 0 Å². The maximum absolute atomic E-state index is 7.00. The Bertz CT molecular complexity index is 60.6. The van der Waals surface area contributed by atoms with Crippen LogP contribution in [0.3, 0.4) is 0 Å². The van der Waals surface area contributed by atoms with Crippen LogP contribution >= 0.6 is 0 Å². The summed E-state index contributed by atoms with van der Waals surface area (Å²) in [4.78, 5) is 0. The lowest BCUT2D eigenvalue weighted by Crippen LogP contribution is -2.19. The minimum atomic E-state index is 0.400. The third kappa shape index (κ3) is 4.73. The molecule has 0 aliphatic carbocycles. The Labute approximate surface area is 62.2 Å². The fourth-order valence-electron chi connectivity index (χ4n) is 0.929. The zero-order valence-electron chi connectivity index (χ0n) is 6.55. The standard InChI is InChI=1S/C6H13NO.CH4O/c7-6-2-1-4-8-5-3-6;1-2/h6H,1-5,7H2;2H,1H3. The van der Waals surface area contributed by atoms with Gasteiger partial charge in [0, 0.05) is 26.4 Å². The fraction of sp³-hybridized carbons (Fsp3) is 1.00. The third-order valence-electron chi connectivity index (χ3n) is 1.50. The van der Waals surface area contributed by atoms with Gasteiger partial charge in [-0.1, -0.05) is 0 Å². The number of hydrogen-bond acceptors (Lipinski definition) is 3. The molecule has 1 rings (SSSR count). The molecule has 3 heteroatoms. The van der Waals surface area contributed by atoms with Gasteiger partial charge in [-0.25, -0.2) is 0 Å². The van der Waals surface area contributed by atoms with Crippen LogP contribution in [0.5, 0.6) is 0 Å². The van der Waals surface area contributed by atoms with E-state index in [0.29, 0.717) is 6.04 Å². The fourth-order valence-corrected chi connectivity index (χ4v) is 0.929. The van der Waals surface area contributed by atoms with Crippen LogP contribution in [0, 0.1) is 0 Å². The van der Waals surface area contributed by atoms with Crippen LogP contribution in [0.2, 0.25) is 0 Å². The maximum atomic E-state index is 7.00. The van der Waals surface area contributed by atoms with Crippen molar-refractivity contribution in [3.05, 3.63) is 0 Å². The van der Waals surface area contributed by atoms with Crippen molar-refractivity contribution in [3.63, 3.8) is 0 Å². The molecule has 62 valence electrons. The zero-order chi connectivity index (χ0) is 7.82. The molecule has 3 N–H and O–H groups in total. The molecule has 10 heavy (non-hydrogen) atoms. The molecule has 0 spiro atoms. The quantitative estimate of drug-likeness (QED) is 0.512. The van der Waals surface area contributed by atoms with E-state index in [9.17, 15) is 0 Å². The highest BCUT2D eigenvalue weighted by Gasteiger charge is 2.05. The number of rotatable bonds is 0. The molecule has 1 unspecified atom stereocenters. The van der Waals surface area contributed by atoms with Crippen LogP contribution in [0.25, 0.3) is 0 Å². The number of aliphatic hydroxyl groups excluding tert-OH is 1. The van der Waals surface area contributed by atoms with Gasteiger partial charge < -0.3 is 15.6 Å². The van der Waals surface area contributed by atoms with Crippen LogP contribution in [0.1, 0.15) is 19.3 Å². The SMILES string of the molecule is CO.NC1CCCOCC1. The van der Waals surface area contributed by atoms with E-state index in [2.05, 4.69) is 0 Å². The molecule has 1 aliphatic heterocycles. The second-order valence-electron chi connectivity index (χ2n) is 2.30. The molecule has 0 aromatic heterocycles. The first-order chi connectivity index (χ1) is 4.89. The molecule has 0 radical (unpaired) electrons. The zero-order valence-corrected chi connectivity index (χ0v) is 6.55. The summed E-state index contributed by atoms with van der Waals surface area (Å²) in [5.74, 6) is 0. The number of ether oxygens (including phenoxy) is 1. The first kappa shape index (κ1) is 9.88. The predicted octanol–water partition coefficient (Wildman–Crippen LogP) is 0.123. The van der Waals surface area contributed by atoms with Gasteiger partial charge in [-0.05, 0) is 19.3 Å². The molecule has 0 aromatic rings. The number of hydrogen-bond donors (Lipinski definition) is 2. The molecule has 1 heterocycles. The van der Waals surface area contributed by atoms with Gasteiger partial charge in [0.15, 0.2) is 0 Å². The molecule has 1 saturated heterocycles. The lowest BCUT2D eigenvalue weighted by Gasteiger charge is -2.02. The monoisotopic (exact) mass is 147 g/mol. The Morgan fingerprint density at radius 3 is 2.70 bits per heavy atom. The van der Waals surface area contributed by atoms with Crippen molar-refractivity contribution in [2.75, 3.05) is 20.3 Å². The Hall–Kier alpha value is -0.120. The van der Waals surface area contributed by atoms with Gasteiger partial charge in [-0.3, -0.25) is 0 Å². The van der Waals surface area contributed by atoms with E-state index in [4.69, 9.17) is 15.6 Å². The second kappa shape index (κ2) is 6.99. The molecule has 1 fully saturated rings. The van der Waals surface area contributed by atoms with Crippen molar-refractivity contribution >= 4 is 0 Å². The highest BCUT2D eigenvalue weighted by molar-refractivity contribution is 4.62. The molecule has 1 aliphatic rings. The topological polar surface area (TPSA) is 55.5 Å². The van der Waals surface area contributed by atoms with Gasteiger partial charge in [-0.2, -0.15) is 0 Å². The minimum absolute atomic E-state index is 0.400. The van der Waals surface area contributed by atoms with Crippen molar-refractivity contribution in [2.24, 2.45) is 5.73 Å². The average Bonchev–Trinajstić information content (AvgIpc) is 2.21. The molecule has 3 nitrogen and oxygen atoms in total. The van der Waals surface area contributed by atoms with Gasteiger partial charge in [0.1, 0.15) is 0 Å². The molecule has 0 bridgehead atoms. The van der Waals surface area contributed by atoms with Gasteiger partial charge in [0.05, 0.1) is 0 Å². The molecule has 0 amide bonds. The van der Waals surface area contributed by atoms with E-state index in [1.165, 1.54) is 0 Å². The van der Waals surface area contributed by atoms with Crippen LogP contribution in [-0.4, -0.2) is 31.5 Å². The molecular formula is C7H17NO2. The van der Waals surface area contributed by atoms with Gasteiger partial charge in [0.25, 0.3) is 0 Å².